The fourth-order valence-electron chi connectivity index (χ4n) is 1.57. The summed E-state index contributed by atoms with van der Waals surface area (Å²) in [5.74, 6) is -0.551. The molecule has 1 N–H and O–H groups in total. The summed E-state index contributed by atoms with van der Waals surface area (Å²) in [7, 11) is 0. The zero-order valence-corrected chi connectivity index (χ0v) is 10.1. The average Bonchev–Trinajstić information content (AvgIpc) is 2.32. The van der Waals surface area contributed by atoms with E-state index in [2.05, 4.69) is 5.32 Å². The molecule has 0 atom stereocenters. The Morgan fingerprint density at radius 3 is 2.67 bits per heavy atom. The normalized spacial score (nSPS) is 10.1. The summed E-state index contributed by atoms with van der Waals surface area (Å²) in [6.45, 7) is 2.19. The molecule has 0 unspecified atom stereocenters. The van der Waals surface area contributed by atoms with Crippen molar-refractivity contribution in [1.29, 1.82) is 0 Å². The molecule has 0 aliphatic carbocycles. The Kier molecular flexibility index (Phi) is 3.67. The van der Waals surface area contributed by atoms with Gasteiger partial charge in [-0.1, -0.05) is 6.07 Å². The number of carbonyl (C=O) groups is 1. The van der Waals surface area contributed by atoms with Gasteiger partial charge < -0.3 is 5.32 Å². The van der Waals surface area contributed by atoms with Crippen LogP contribution in [-0.2, 0) is 11.3 Å². The third kappa shape index (κ3) is 3.38. The highest BCUT2D eigenvalue weighted by atomic mass is 19.1. The Morgan fingerprint density at radius 2 is 2.00 bits per heavy atom. The molecule has 3 nitrogen and oxygen atoms in total. The standard InChI is InChI=1S/C14H13FN2O/c1-11-5-7-17(8-6-11)10-14(18)16-13-4-2-3-12(15)9-13/h2-9H,10H2,1H3/p+1. The maximum absolute atomic E-state index is 12.9. The first-order valence-electron chi connectivity index (χ1n) is 5.64. The summed E-state index contributed by atoms with van der Waals surface area (Å²) in [6.07, 6.45) is 3.67. The molecule has 1 aromatic carbocycles. The Hall–Kier alpha value is -2.23. The number of hydrogen-bond donors (Lipinski definition) is 1. The number of aryl methyl sites for hydroxylation is 1. The number of aromatic nitrogens is 1. The number of halogens is 1. The monoisotopic (exact) mass is 245 g/mol. The van der Waals surface area contributed by atoms with Crippen LogP contribution in [-0.4, -0.2) is 5.91 Å². The molecule has 0 saturated heterocycles. The molecule has 0 saturated carbocycles. The summed E-state index contributed by atoms with van der Waals surface area (Å²) >= 11 is 0. The van der Waals surface area contributed by atoms with E-state index in [1.807, 2.05) is 31.5 Å². The number of nitrogens with zero attached hydrogens (tertiary/aromatic N) is 1. The second kappa shape index (κ2) is 5.40. The van der Waals surface area contributed by atoms with Gasteiger partial charge in [-0.3, -0.25) is 4.79 Å². The maximum atomic E-state index is 12.9. The molecule has 0 fully saturated rings. The van der Waals surface area contributed by atoms with Crippen molar-refractivity contribution in [3.63, 3.8) is 0 Å². The van der Waals surface area contributed by atoms with E-state index in [-0.39, 0.29) is 18.3 Å². The van der Waals surface area contributed by atoms with Crippen LogP contribution >= 0.6 is 0 Å². The second-order valence-corrected chi connectivity index (χ2v) is 4.11. The van der Waals surface area contributed by atoms with Gasteiger partial charge in [0.2, 0.25) is 6.54 Å². The van der Waals surface area contributed by atoms with Crippen LogP contribution < -0.4 is 9.88 Å². The molecule has 2 aromatic rings. The molecule has 1 aromatic heterocycles. The van der Waals surface area contributed by atoms with Gasteiger partial charge in [-0.05, 0) is 30.7 Å². The molecule has 0 radical (unpaired) electrons. The van der Waals surface area contributed by atoms with Gasteiger partial charge in [0.25, 0.3) is 5.91 Å². The Balaban J connectivity index is 1.98. The van der Waals surface area contributed by atoms with Crippen LogP contribution in [0.25, 0.3) is 0 Å². The molecule has 2 rings (SSSR count). The van der Waals surface area contributed by atoms with E-state index in [0.717, 1.165) is 5.56 Å². The lowest BCUT2D eigenvalue weighted by Gasteiger charge is -2.02. The lowest BCUT2D eigenvalue weighted by Crippen LogP contribution is -2.39. The molecule has 1 amide bonds. The number of amides is 1. The molecular weight excluding hydrogens is 231 g/mol. The van der Waals surface area contributed by atoms with Crippen LogP contribution in [0.15, 0.2) is 48.8 Å². The van der Waals surface area contributed by atoms with Gasteiger partial charge in [0.1, 0.15) is 5.82 Å². The van der Waals surface area contributed by atoms with Crippen LogP contribution in [0.2, 0.25) is 0 Å². The molecule has 4 heteroatoms. The minimum Gasteiger partial charge on any atom is -0.320 e. The van der Waals surface area contributed by atoms with Crippen LogP contribution in [0.5, 0.6) is 0 Å². The summed E-state index contributed by atoms with van der Waals surface area (Å²) in [4.78, 5) is 11.7. The molecule has 18 heavy (non-hydrogen) atoms. The van der Waals surface area contributed by atoms with Gasteiger partial charge in [-0.2, -0.15) is 4.57 Å². The second-order valence-electron chi connectivity index (χ2n) is 4.11. The van der Waals surface area contributed by atoms with Crippen LogP contribution in [0, 0.1) is 12.7 Å². The van der Waals surface area contributed by atoms with E-state index in [0.29, 0.717) is 5.69 Å². The Labute approximate surface area is 105 Å². The minimum atomic E-state index is -0.365. The Bertz CT molecular complexity index is 552. The number of carbonyl (C=O) groups excluding carboxylic acids is 1. The van der Waals surface area contributed by atoms with Gasteiger partial charge >= 0.3 is 0 Å². The SMILES string of the molecule is Cc1cc[n+](CC(=O)Nc2cccc(F)c2)cc1. The van der Waals surface area contributed by atoms with E-state index >= 15 is 0 Å². The molecular formula is C14H14FN2O+. The lowest BCUT2D eigenvalue weighted by atomic mass is 10.3. The van der Waals surface area contributed by atoms with Gasteiger partial charge in [-0.25, -0.2) is 4.39 Å². The fraction of sp³-hybridized carbons (Fsp3) is 0.143. The van der Waals surface area contributed by atoms with E-state index in [1.54, 1.807) is 16.7 Å². The number of anilines is 1. The van der Waals surface area contributed by atoms with Crippen molar-refractivity contribution in [2.75, 3.05) is 5.32 Å². The number of benzene rings is 1. The third-order valence-electron chi connectivity index (χ3n) is 2.49. The summed E-state index contributed by atoms with van der Waals surface area (Å²) < 4.78 is 14.7. The number of hydrogen-bond acceptors (Lipinski definition) is 1. The summed E-state index contributed by atoms with van der Waals surface area (Å²) in [5, 5.41) is 2.65. The molecule has 0 spiro atoms. The van der Waals surface area contributed by atoms with E-state index in [9.17, 15) is 9.18 Å². The summed E-state index contributed by atoms with van der Waals surface area (Å²) in [5.41, 5.74) is 1.60. The Morgan fingerprint density at radius 1 is 1.28 bits per heavy atom. The highest BCUT2D eigenvalue weighted by Crippen LogP contribution is 2.08. The topological polar surface area (TPSA) is 33.0 Å². The number of rotatable bonds is 3. The van der Waals surface area contributed by atoms with Crippen molar-refractivity contribution in [3.05, 3.63) is 60.2 Å². The van der Waals surface area contributed by atoms with Gasteiger partial charge in [0.15, 0.2) is 12.4 Å². The first-order valence-corrected chi connectivity index (χ1v) is 5.64. The van der Waals surface area contributed by atoms with Crippen molar-refractivity contribution < 1.29 is 13.8 Å². The third-order valence-corrected chi connectivity index (χ3v) is 2.49. The zero-order valence-electron chi connectivity index (χ0n) is 10.1. The molecule has 0 aliphatic rings. The summed E-state index contributed by atoms with van der Waals surface area (Å²) in [6, 6.07) is 9.69. The van der Waals surface area contributed by atoms with Gasteiger partial charge in [0, 0.05) is 17.8 Å². The maximum Gasteiger partial charge on any atom is 0.290 e. The fourth-order valence-corrected chi connectivity index (χ4v) is 1.57. The van der Waals surface area contributed by atoms with E-state index < -0.39 is 0 Å². The smallest absolute Gasteiger partial charge is 0.290 e. The van der Waals surface area contributed by atoms with Crippen molar-refractivity contribution in [1.82, 2.24) is 0 Å². The molecule has 1 heterocycles. The molecule has 0 aliphatic heterocycles. The minimum absolute atomic E-state index is 0.186. The lowest BCUT2D eigenvalue weighted by molar-refractivity contribution is -0.684. The highest BCUT2D eigenvalue weighted by molar-refractivity contribution is 5.89. The zero-order chi connectivity index (χ0) is 13.0. The first-order chi connectivity index (χ1) is 8.63. The molecule has 92 valence electrons. The largest absolute Gasteiger partial charge is 0.320 e. The van der Waals surface area contributed by atoms with Crippen molar-refractivity contribution in [3.8, 4) is 0 Å². The van der Waals surface area contributed by atoms with Gasteiger partial charge in [0.05, 0.1) is 0 Å². The predicted molar refractivity (Wildman–Crippen MR) is 66.4 cm³/mol. The van der Waals surface area contributed by atoms with Crippen LogP contribution in [0.4, 0.5) is 10.1 Å². The average molecular weight is 245 g/mol. The van der Waals surface area contributed by atoms with Crippen molar-refractivity contribution >= 4 is 11.6 Å². The van der Waals surface area contributed by atoms with Gasteiger partial charge in [-0.15, -0.1) is 0 Å². The predicted octanol–water partition coefficient (Wildman–Crippen LogP) is 2.06. The highest BCUT2D eigenvalue weighted by Gasteiger charge is 2.09. The van der Waals surface area contributed by atoms with Crippen molar-refractivity contribution in [2.24, 2.45) is 0 Å². The first kappa shape index (κ1) is 12.2. The number of nitrogens with one attached hydrogen (secondary N) is 1. The van der Waals surface area contributed by atoms with Crippen LogP contribution in [0.3, 0.4) is 0 Å². The van der Waals surface area contributed by atoms with E-state index in [4.69, 9.17) is 0 Å². The molecule has 0 bridgehead atoms. The van der Waals surface area contributed by atoms with E-state index in [1.165, 1.54) is 12.1 Å². The van der Waals surface area contributed by atoms with Crippen LogP contribution in [0.1, 0.15) is 5.56 Å². The van der Waals surface area contributed by atoms with Crippen molar-refractivity contribution in [2.45, 2.75) is 13.5 Å². The quantitative estimate of drug-likeness (QED) is 0.825. The number of pyridine rings is 1.